The Morgan fingerprint density at radius 1 is 1.14 bits per heavy atom. The van der Waals surface area contributed by atoms with Gasteiger partial charge in [-0.25, -0.2) is 0 Å². The number of rotatable bonds is 5. The number of amides is 1. The van der Waals surface area contributed by atoms with Crippen LogP contribution in [0.15, 0.2) is 0 Å². The van der Waals surface area contributed by atoms with Crippen LogP contribution in [0, 0.1) is 5.92 Å². The Labute approximate surface area is 135 Å². The van der Waals surface area contributed by atoms with Crippen LogP contribution < -0.4 is 0 Å². The number of hydrogen-bond acceptors (Lipinski definition) is 3. The minimum atomic E-state index is -0.220. The van der Waals surface area contributed by atoms with E-state index >= 15 is 0 Å². The smallest absolute Gasteiger partial charge is 0.239 e. The Kier molecular flexibility index (Phi) is 6.69. The zero-order valence-electron chi connectivity index (χ0n) is 14.6. The number of hydrogen-bond donors (Lipinski definition) is 1. The molecule has 128 valence electrons. The maximum Gasteiger partial charge on any atom is 0.239 e. The first-order valence-corrected chi connectivity index (χ1v) is 9.27. The van der Waals surface area contributed by atoms with Gasteiger partial charge in [0.2, 0.25) is 5.91 Å². The van der Waals surface area contributed by atoms with Gasteiger partial charge in [0.15, 0.2) is 0 Å². The number of nitrogens with zero attached hydrogens (tertiary/aromatic N) is 2. The molecule has 0 aromatic heterocycles. The summed E-state index contributed by atoms with van der Waals surface area (Å²) in [4.78, 5) is 17.4. The monoisotopic (exact) mass is 310 g/mol. The molecule has 2 unspecified atom stereocenters. The topological polar surface area (TPSA) is 43.8 Å². The molecule has 2 rings (SSSR count). The first-order valence-electron chi connectivity index (χ1n) is 9.27. The molecule has 2 atom stereocenters. The van der Waals surface area contributed by atoms with Crippen molar-refractivity contribution in [1.82, 2.24) is 9.80 Å². The predicted octanol–water partition coefficient (Wildman–Crippen LogP) is 2.65. The molecule has 4 heteroatoms. The number of aliphatic hydroxyl groups is 1. The van der Waals surface area contributed by atoms with Crippen LogP contribution in [-0.2, 0) is 4.79 Å². The second-order valence-corrected chi connectivity index (χ2v) is 7.21. The van der Waals surface area contributed by atoms with Gasteiger partial charge in [-0.2, -0.15) is 0 Å². The van der Waals surface area contributed by atoms with E-state index in [2.05, 4.69) is 23.6 Å². The van der Waals surface area contributed by atoms with Crippen molar-refractivity contribution in [2.75, 3.05) is 19.6 Å². The normalized spacial score (nSPS) is 24.9. The molecule has 2 aliphatic rings. The van der Waals surface area contributed by atoms with Gasteiger partial charge in [-0.05, 0) is 65.5 Å². The van der Waals surface area contributed by atoms with Crippen molar-refractivity contribution < 1.29 is 9.90 Å². The van der Waals surface area contributed by atoms with Crippen molar-refractivity contribution in [3.63, 3.8) is 0 Å². The van der Waals surface area contributed by atoms with Gasteiger partial charge in [0.05, 0.1) is 12.1 Å². The lowest BCUT2D eigenvalue weighted by atomic mass is 9.91. The highest BCUT2D eigenvalue weighted by molar-refractivity contribution is 5.81. The average Bonchev–Trinajstić information content (AvgIpc) is 2.56. The molecule has 0 aromatic carbocycles. The highest BCUT2D eigenvalue weighted by atomic mass is 16.3. The Morgan fingerprint density at radius 3 is 2.23 bits per heavy atom. The standard InChI is InChI=1S/C18H34N2O2/c1-4-20(17-8-6-5-7-9-17)18(22)14(2)19-12-10-16(11-13-19)15(3)21/h14-17,21H,4-13H2,1-3H3. The van der Waals surface area contributed by atoms with E-state index in [-0.39, 0.29) is 12.1 Å². The van der Waals surface area contributed by atoms with E-state index in [0.29, 0.717) is 17.9 Å². The summed E-state index contributed by atoms with van der Waals surface area (Å²) < 4.78 is 0. The second-order valence-electron chi connectivity index (χ2n) is 7.21. The summed E-state index contributed by atoms with van der Waals surface area (Å²) in [6, 6.07) is 0.445. The molecule has 0 radical (unpaired) electrons. The fraction of sp³-hybridized carbons (Fsp3) is 0.944. The van der Waals surface area contributed by atoms with Crippen molar-refractivity contribution >= 4 is 5.91 Å². The minimum absolute atomic E-state index is 0.0168. The molecule has 1 aliphatic heterocycles. The SMILES string of the molecule is CCN(C(=O)C(C)N1CCC(C(C)O)CC1)C1CCCCC1. The molecule has 1 saturated heterocycles. The van der Waals surface area contributed by atoms with Crippen molar-refractivity contribution in [3.8, 4) is 0 Å². The summed E-state index contributed by atoms with van der Waals surface area (Å²) in [5.41, 5.74) is 0. The molecule has 2 fully saturated rings. The molecule has 1 N–H and O–H groups in total. The zero-order chi connectivity index (χ0) is 16.1. The van der Waals surface area contributed by atoms with Crippen LogP contribution in [0.4, 0.5) is 0 Å². The van der Waals surface area contributed by atoms with Gasteiger partial charge < -0.3 is 10.0 Å². The number of piperidine rings is 1. The maximum atomic E-state index is 12.9. The highest BCUT2D eigenvalue weighted by Gasteiger charge is 2.32. The largest absolute Gasteiger partial charge is 0.393 e. The number of likely N-dealkylation sites (tertiary alicyclic amines) is 1. The van der Waals surface area contributed by atoms with Crippen molar-refractivity contribution in [3.05, 3.63) is 0 Å². The molecule has 4 nitrogen and oxygen atoms in total. The summed E-state index contributed by atoms with van der Waals surface area (Å²) >= 11 is 0. The summed E-state index contributed by atoms with van der Waals surface area (Å²) in [5.74, 6) is 0.712. The van der Waals surface area contributed by atoms with Gasteiger partial charge in [0.25, 0.3) is 0 Å². The van der Waals surface area contributed by atoms with Gasteiger partial charge in [-0.15, -0.1) is 0 Å². The summed E-state index contributed by atoms with van der Waals surface area (Å²) in [5, 5.41) is 9.71. The third-order valence-corrected chi connectivity index (χ3v) is 5.80. The molecule has 0 bridgehead atoms. The lowest BCUT2D eigenvalue weighted by molar-refractivity contribution is -0.140. The number of carbonyl (C=O) groups excluding carboxylic acids is 1. The van der Waals surface area contributed by atoms with E-state index in [0.717, 1.165) is 32.5 Å². The van der Waals surface area contributed by atoms with Crippen molar-refractivity contribution in [1.29, 1.82) is 0 Å². The van der Waals surface area contributed by atoms with Gasteiger partial charge in [-0.3, -0.25) is 9.69 Å². The lowest BCUT2D eigenvalue weighted by Gasteiger charge is -2.40. The van der Waals surface area contributed by atoms with E-state index < -0.39 is 0 Å². The molecule has 22 heavy (non-hydrogen) atoms. The molecule has 0 aromatic rings. The van der Waals surface area contributed by atoms with E-state index in [1.54, 1.807) is 0 Å². The van der Waals surface area contributed by atoms with Crippen LogP contribution in [0.5, 0.6) is 0 Å². The first-order chi connectivity index (χ1) is 10.5. The zero-order valence-corrected chi connectivity index (χ0v) is 14.6. The van der Waals surface area contributed by atoms with Gasteiger partial charge in [-0.1, -0.05) is 19.3 Å². The van der Waals surface area contributed by atoms with Gasteiger partial charge in [0, 0.05) is 12.6 Å². The second kappa shape index (κ2) is 8.30. The Bertz CT molecular complexity index is 345. The van der Waals surface area contributed by atoms with E-state index in [1.807, 2.05) is 6.92 Å². The molecular weight excluding hydrogens is 276 g/mol. The lowest BCUT2D eigenvalue weighted by Crippen LogP contribution is -2.53. The Balaban J connectivity index is 1.90. The van der Waals surface area contributed by atoms with Crippen LogP contribution in [0.1, 0.15) is 65.7 Å². The van der Waals surface area contributed by atoms with Crippen LogP contribution in [0.25, 0.3) is 0 Å². The van der Waals surface area contributed by atoms with Crippen LogP contribution in [-0.4, -0.2) is 58.6 Å². The quantitative estimate of drug-likeness (QED) is 0.849. The summed E-state index contributed by atoms with van der Waals surface area (Å²) in [6.45, 7) is 8.76. The molecule has 0 spiro atoms. The fourth-order valence-corrected chi connectivity index (χ4v) is 4.17. The van der Waals surface area contributed by atoms with E-state index in [9.17, 15) is 9.90 Å². The summed E-state index contributed by atoms with van der Waals surface area (Å²) in [6.07, 6.45) is 8.00. The molecule has 1 heterocycles. The number of aliphatic hydroxyl groups excluding tert-OH is 1. The molecule has 1 aliphatic carbocycles. The molecule has 1 saturated carbocycles. The van der Waals surface area contributed by atoms with Crippen molar-refractivity contribution in [2.24, 2.45) is 5.92 Å². The van der Waals surface area contributed by atoms with E-state index in [4.69, 9.17) is 0 Å². The third kappa shape index (κ3) is 4.23. The number of likely N-dealkylation sites (N-methyl/N-ethyl adjacent to an activating group) is 1. The first kappa shape index (κ1) is 17.7. The van der Waals surface area contributed by atoms with Crippen LogP contribution in [0.2, 0.25) is 0 Å². The van der Waals surface area contributed by atoms with Crippen LogP contribution >= 0.6 is 0 Å². The Morgan fingerprint density at radius 2 is 1.73 bits per heavy atom. The fourth-order valence-electron chi connectivity index (χ4n) is 4.17. The minimum Gasteiger partial charge on any atom is -0.393 e. The molecule has 1 amide bonds. The van der Waals surface area contributed by atoms with E-state index in [1.165, 1.54) is 32.1 Å². The molecular formula is C18H34N2O2. The van der Waals surface area contributed by atoms with Gasteiger partial charge in [0.1, 0.15) is 0 Å². The number of carbonyl (C=O) groups is 1. The summed E-state index contributed by atoms with van der Waals surface area (Å²) in [7, 11) is 0. The average molecular weight is 310 g/mol. The highest BCUT2D eigenvalue weighted by Crippen LogP contribution is 2.26. The van der Waals surface area contributed by atoms with Crippen molar-refractivity contribution in [2.45, 2.75) is 83.9 Å². The third-order valence-electron chi connectivity index (χ3n) is 5.80. The Hall–Kier alpha value is -0.610. The van der Waals surface area contributed by atoms with Crippen LogP contribution in [0.3, 0.4) is 0 Å². The van der Waals surface area contributed by atoms with Gasteiger partial charge >= 0.3 is 0 Å². The predicted molar refractivity (Wildman–Crippen MR) is 89.7 cm³/mol. The maximum absolute atomic E-state index is 12.9.